The van der Waals surface area contributed by atoms with Gasteiger partial charge in [0.2, 0.25) is 0 Å². The second-order valence-corrected chi connectivity index (χ2v) is 4.03. The summed E-state index contributed by atoms with van der Waals surface area (Å²) in [6.45, 7) is 0. The molecule has 0 aliphatic rings. The number of H-pyrrole nitrogens is 1. The van der Waals surface area contributed by atoms with E-state index in [0.717, 1.165) is 22.6 Å². The standard InChI is InChI=1S/C12H12N4O2/c1-13-11-6-8(14-15-11)7-3-4-9-10(5-7)18-12(17)16(9)2/h3-6H,1-2H3,(H2,13,14,15). The van der Waals surface area contributed by atoms with Crippen LogP contribution in [0.3, 0.4) is 0 Å². The van der Waals surface area contributed by atoms with Crippen LogP contribution in [0.5, 0.6) is 0 Å². The maximum Gasteiger partial charge on any atom is 0.419 e. The molecule has 0 spiro atoms. The van der Waals surface area contributed by atoms with Crippen molar-refractivity contribution < 1.29 is 4.42 Å². The van der Waals surface area contributed by atoms with E-state index >= 15 is 0 Å². The van der Waals surface area contributed by atoms with E-state index in [4.69, 9.17) is 4.42 Å². The molecule has 2 heterocycles. The number of aryl methyl sites for hydroxylation is 1. The molecule has 18 heavy (non-hydrogen) atoms. The van der Waals surface area contributed by atoms with Gasteiger partial charge in [0.05, 0.1) is 11.2 Å². The van der Waals surface area contributed by atoms with Crippen molar-refractivity contribution in [2.24, 2.45) is 7.05 Å². The third-order valence-corrected chi connectivity index (χ3v) is 2.94. The predicted octanol–water partition coefficient (Wildman–Crippen LogP) is 1.56. The van der Waals surface area contributed by atoms with E-state index < -0.39 is 0 Å². The first-order valence-electron chi connectivity index (χ1n) is 5.52. The summed E-state index contributed by atoms with van der Waals surface area (Å²) in [7, 11) is 3.49. The first-order chi connectivity index (χ1) is 8.69. The predicted molar refractivity (Wildman–Crippen MR) is 68.6 cm³/mol. The monoisotopic (exact) mass is 244 g/mol. The van der Waals surface area contributed by atoms with Crippen LogP contribution < -0.4 is 11.1 Å². The molecule has 0 radical (unpaired) electrons. The number of oxazole rings is 1. The second kappa shape index (κ2) is 3.76. The Morgan fingerprint density at radius 2 is 2.22 bits per heavy atom. The lowest BCUT2D eigenvalue weighted by atomic mass is 10.1. The number of nitrogens with zero attached hydrogens (tertiary/aromatic N) is 2. The Labute approximate surface area is 102 Å². The summed E-state index contributed by atoms with van der Waals surface area (Å²) in [6.07, 6.45) is 0. The molecule has 0 saturated heterocycles. The highest BCUT2D eigenvalue weighted by molar-refractivity contribution is 5.79. The van der Waals surface area contributed by atoms with Gasteiger partial charge in [-0.1, -0.05) is 6.07 Å². The molecule has 0 amide bonds. The van der Waals surface area contributed by atoms with Crippen molar-refractivity contribution in [1.29, 1.82) is 0 Å². The Morgan fingerprint density at radius 1 is 1.39 bits per heavy atom. The lowest BCUT2D eigenvalue weighted by molar-refractivity contribution is 0.528. The average molecular weight is 244 g/mol. The van der Waals surface area contributed by atoms with Gasteiger partial charge in [0.25, 0.3) is 0 Å². The third-order valence-electron chi connectivity index (χ3n) is 2.94. The van der Waals surface area contributed by atoms with Gasteiger partial charge >= 0.3 is 5.76 Å². The van der Waals surface area contributed by atoms with Crippen LogP contribution >= 0.6 is 0 Å². The molecule has 2 aromatic heterocycles. The van der Waals surface area contributed by atoms with Gasteiger partial charge in [-0.2, -0.15) is 5.10 Å². The molecule has 0 unspecified atom stereocenters. The van der Waals surface area contributed by atoms with E-state index in [9.17, 15) is 4.79 Å². The number of aromatic amines is 1. The number of rotatable bonds is 2. The average Bonchev–Trinajstić information content (AvgIpc) is 2.95. The van der Waals surface area contributed by atoms with Crippen LogP contribution in [-0.2, 0) is 7.05 Å². The van der Waals surface area contributed by atoms with Gasteiger partial charge in [-0.15, -0.1) is 0 Å². The molecule has 0 fully saturated rings. The Balaban J connectivity index is 2.16. The summed E-state index contributed by atoms with van der Waals surface area (Å²) < 4.78 is 6.63. The van der Waals surface area contributed by atoms with E-state index in [2.05, 4.69) is 15.5 Å². The van der Waals surface area contributed by atoms with Crippen molar-refractivity contribution >= 4 is 16.9 Å². The second-order valence-electron chi connectivity index (χ2n) is 4.03. The molecule has 0 atom stereocenters. The number of benzene rings is 1. The van der Waals surface area contributed by atoms with E-state index in [-0.39, 0.29) is 5.76 Å². The van der Waals surface area contributed by atoms with Crippen LogP contribution in [0.25, 0.3) is 22.4 Å². The fourth-order valence-electron chi connectivity index (χ4n) is 1.90. The van der Waals surface area contributed by atoms with E-state index in [1.807, 2.05) is 24.3 Å². The van der Waals surface area contributed by atoms with Gasteiger partial charge in [0.15, 0.2) is 5.58 Å². The number of fused-ring (bicyclic) bond motifs is 1. The number of nitrogens with one attached hydrogen (secondary N) is 2. The molecule has 3 rings (SSSR count). The summed E-state index contributed by atoms with van der Waals surface area (Å²) >= 11 is 0. The topological polar surface area (TPSA) is 75.8 Å². The first kappa shape index (κ1) is 10.6. The molecule has 0 aliphatic carbocycles. The van der Waals surface area contributed by atoms with Crippen LogP contribution in [0, 0.1) is 0 Å². The highest BCUT2D eigenvalue weighted by atomic mass is 16.4. The van der Waals surface area contributed by atoms with Gasteiger partial charge < -0.3 is 9.73 Å². The Morgan fingerprint density at radius 3 is 2.94 bits per heavy atom. The van der Waals surface area contributed by atoms with Gasteiger partial charge in [0, 0.05) is 25.7 Å². The van der Waals surface area contributed by atoms with Crippen molar-refractivity contribution in [3.8, 4) is 11.3 Å². The van der Waals surface area contributed by atoms with Gasteiger partial charge in [-0.25, -0.2) is 4.79 Å². The molecule has 2 N–H and O–H groups in total. The van der Waals surface area contributed by atoms with Crippen molar-refractivity contribution in [2.75, 3.05) is 12.4 Å². The van der Waals surface area contributed by atoms with Gasteiger partial charge in [-0.3, -0.25) is 9.67 Å². The Hall–Kier alpha value is -2.50. The van der Waals surface area contributed by atoms with Crippen LogP contribution in [0.4, 0.5) is 5.82 Å². The molecule has 3 aromatic rings. The quantitative estimate of drug-likeness (QED) is 0.717. The molecule has 6 heteroatoms. The minimum atomic E-state index is -0.359. The summed E-state index contributed by atoms with van der Waals surface area (Å²) in [6, 6.07) is 7.49. The van der Waals surface area contributed by atoms with Crippen LogP contribution in [0.2, 0.25) is 0 Å². The zero-order valence-corrected chi connectivity index (χ0v) is 10.0. The van der Waals surface area contributed by atoms with Crippen LogP contribution in [0.1, 0.15) is 0 Å². The van der Waals surface area contributed by atoms with E-state index in [1.54, 1.807) is 14.1 Å². The number of hydrogen-bond acceptors (Lipinski definition) is 4. The minimum Gasteiger partial charge on any atom is -0.408 e. The van der Waals surface area contributed by atoms with Crippen LogP contribution in [-0.4, -0.2) is 21.8 Å². The summed E-state index contributed by atoms with van der Waals surface area (Å²) in [5.74, 6) is 0.405. The van der Waals surface area contributed by atoms with Crippen molar-refractivity contribution in [2.45, 2.75) is 0 Å². The normalized spacial score (nSPS) is 11.0. The van der Waals surface area contributed by atoms with Crippen LogP contribution in [0.15, 0.2) is 33.5 Å². The first-order valence-corrected chi connectivity index (χ1v) is 5.52. The summed E-state index contributed by atoms with van der Waals surface area (Å²) in [5.41, 5.74) is 3.14. The molecule has 0 saturated carbocycles. The smallest absolute Gasteiger partial charge is 0.408 e. The largest absolute Gasteiger partial charge is 0.419 e. The number of aromatic nitrogens is 3. The third kappa shape index (κ3) is 1.50. The fraction of sp³-hybridized carbons (Fsp3) is 0.167. The maximum atomic E-state index is 11.4. The number of anilines is 1. The van der Waals surface area contributed by atoms with Gasteiger partial charge in [-0.05, 0) is 12.1 Å². The molecular weight excluding hydrogens is 232 g/mol. The van der Waals surface area contributed by atoms with Crippen molar-refractivity contribution in [1.82, 2.24) is 14.8 Å². The van der Waals surface area contributed by atoms with Crippen molar-refractivity contribution in [3.63, 3.8) is 0 Å². The lowest BCUT2D eigenvalue weighted by Gasteiger charge is -1.97. The highest BCUT2D eigenvalue weighted by Gasteiger charge is 2.08. The Bertz CT molecular complexity index is 766. The highest BCUT2D eigenvalue weighted by Crippen LogP contribution is 2.23. The van der Waals surface area contributed by atoms with E-state index in [0.29, 0.717) is 5.58 Å². The molecule has 1 aromatic carbocycles. The summed E-state index contributed by atoms with van der Waals surface area (Å²) in [4.78, 5) is 11.4. The zero-order valence-electron chi connectivity index (χ0n) is 10.0. The number of hydrogen-bond donors (Lipinski definition) is 2. The van der Waals surface area contributed by atoms with E-state index in [1.165, 1.54) is 4.57 Å². The SMILES string of the molecule is CNc1cc(-c2ccc3c(c2)oc(=O)n3C)[nH]n1. The lowest BCUT2D eigenvalue weighted by Crippen LogP contribution is -2.08. The fourth-order valence-corrected chi connectivity index (χ4v) is 1.90. The molecule has 92 valence electrons. The molecule has 0 aliphatic heterocycles. The maximum absolute atomic E-state index is 11.4. The molecular formula is C12H12N4O2. The minimum absolute atomic E-state index is 0.359. The zero-order chi connectivity index (χ0) is 12.7. The van der Waals surface area contributed by atoms with Crippen molar-refractivity contribution in [3.05, 3.63) is 34.8 Å². The molecule has 6 nitrogen and oxygen atoms in total. The van der Waals surface area contributed by atoms with Gasteiger partial charge in [0.1, 0.15) is 5.82 Å². The Kier molecular flexibility index (Phi) is 2.22. The summed E-state index contributed by atoms with van der Waals surface area (Å²) in [5, 5.41) is 9.95. The molecule has 0 bridgehead atoms.